The Kier molecular flexibility index (Phi) is 4.74. The smallest absolute Gasteiger partial charge is 0.180 e. The highest BCUT2D eigenvalue weighted by atomic mass is 19.2. The van der Waals surface area contributed by atoms with Gasteiger partial charge in [0.2, 0.25) is 0 Å². The van der Waals surface area contributed by atoms with E-state index >= 15 is 0 Å². The topological polar surface area (TPSA) is 95.2 Å². The molecular formula is C18H4F4N4. The van der Waals surface area contributed by atoms with Crippen LogP contribution in [-0.4, -0.2) is 0 Å². The summed E-state index contributed by atoms with van der Waals surface area (Å²) in [4.78, 5) is 0. The van der Waals surface area contributed by atoms with Crippen molar-refractivity contribution in [2.75, 3.05) is 0 Å². The molecule has 0 heterocycles. The summed E-state index contributed by atoms with van der Waals surface area (Å²) >= 11 is 0. The molecule has 8 heteroatoms. The number of rotatable bonds is 1. The Labute approximate surface area is 144 Å². The lowest BCUT2D eigenvalue weighted by atomic mass is 9.95. The highest BCUT2D eigenvalue weighted by Crippen LogP contribution is 2.27. The quantitative estimate of drug-likeness (QED) is 0.579. The van der Waals surface area contributed by atoms with Gasteiger partial charge in [-0.05, 0) is 5.22 Å². The van der Waals surface area contributed by atoms with Gasteiger partial charge in [0, 0.05) is 5.22 Å². The first-order chi connectivity index (χ1) is 12.3. The minimum absolute atomic E-state index is 0.114. The van der Waals surface area contributed by atoms with E-state index in [0.29, 0.717) is 0 Å². The van der Waals surface area contributed by atoms with Gasteiger partial charge in [0.05, 0.1) is 22.3 Å². The van der Waals surface area contributed by atoms with Gasteiger partial charge in [-0.15, -0.1) is 0 Å². The molecule has 0 radical (unpaired) electrons. The van der Waals surface area contributed by atoms with Crippen molar-refractivity contribution in [2.24, 2.45) is 0 Å². The van der Waals surface area contributed by atoms with Crippen molar-refractivity contribution < 1.29 is 17.6 Å². The Morgan fingerprint density at radius 3 is 1.65 bits per heavy atom. The molecule has 0 aliphatic carbocycles. The van der Waals surface area contributed by atoms with Gasteiger partial charge in [0.1, 0.15) is 29.8 Å². The van der Waals surface area contributed by atoms with Crippen LogP contribution in [0.4, 0.5) is 17.6 Å². The molecule has 0 unspecified atom stereocenters. The highest BCUT2D eigenvalue weighted by Gasteiger charge is 2.28. The minimum atomic E-state index is -1.97. The molecule has 26 heavy (non-hydrogen) atoms. The highest BCUT2D eigenvalue weighted by molar-refractivity contribution is 5.79. The summed E-state index contributed by atoms with van der Waals surface area (Å²) in [7, 11) is 0. The van der Waals surface area contributed by atoms with Gasteiger partial charge >= 0.3 is 0 Å². The van der Waals surface area contributed by atoms with E-state index in [1.807, 2.05) is 0 Å². The molecule has 0 saturated carbocycles. The van der Waals surface area contributed by atoms with Crippen molar-refractivity contribution in [1.29, 1.82) is 21.0 Å². The van der Waals surface area contributed by atoms with Crippen LogP contribution in [-0.2, 0) is 0 Å². The molecule has 0 amide bonds. The number of nitrogens with zero attached hydrogens (tertiary/aromatic N) is 4. The van der Waals surface area contributed by atoms with Crippen molar-refractivity contribution in [3.63, 3.8) is 0 Å². The number of hydrogen-bond donors (Lipinski definition) is 0. The van der Waals surface area contributed by atoms with Crippen LogP contribution in [0.3, 0.4) is 0 Å². The predicted octanol–water partition coefficient (Wildman–Crippen LogP) is 1.99. The molecule has 0 aliphatic heterocycles. The van der Waals surface area contributed by atoms with Crippen molar-refractivity contribution in [3.05, 3.63) is 68.1 Å². The molecular weight excluding hydrogens is 348 g/mol. The first-order valence-corrected chi connectivity index (χ1v) is 6.66. The zero-order chi connectivity index (χ0) is 19.6. The molecule has 0 fully saturated rings. The minimum Gasteiger partial charge on any atom is -0.203 e. The normalized spacial score (nSPS) is 10.9. The van der Waals surface area contributed by atoms with Crippen LogP contribution in [0.2, 0.25) is 0 Å². The molecule has 4 nitrogen and oxygen atoms in total. The largest absolute Gasteiger partial charge is 0.203 e. The Balaban J connectivity index is 3.18. The van der Waals surface area contributed by atoms with Gasteiger partial charge in [-0.3, -0.25) is 0 Å². The third-order valence-corrected chi connectivity index (χ3v) is 3.52. The molecule has 2 aromatic rings. The van der Waals surface area contributed by atoms with Crippen LogP contribution in [0.5, 0.6) is 0 Å². The Bertz CT molecular complexity index is 1210. The van der Waals surface area contributed by atoms with Gasteiger partial charge in [0.25, 0.3) is 0 Å². The Morgan fingerprint density at radius 1 is 0.731 bits per heavy atom. The van der Waals surface area contributed by atoms with E-state index in [4.69, 9.17) is 10.5 Å². The summed E-state index contributed by atoms with van der Waals surface area (Å²) < 4.78 is 56.2. The number of hydrogen-bond acceptors (Lipinski definition) is 4. The van der Waals surface area contributed by atoms with Crippen LogP contribution in [0.1, 0.15) is 22.3 Å². The summed E-state index contributed by atoms with van der Waals surface area (Å²) in [5, 5.41) is 36.0. The van der Waals surface area contributed by atoms with Gasteiger partial charge < -0.3 is 0 Å². The van der Waals surface area contributed by atoms with Crippen molar-refractivity contribution in [2.45, 2.75) is 0 Å². The molecule has 0 aromatic heterocycles. The average Bonchev–Trinajstić information content (AvgIpc) is 2.64. The number of nitriles is 4. The van der Waals surface area contributed by atoms with Crippen LogP contribution in [0, 0.1) is 68.6 Å². The molecule has 0 bridgehead atoms. The lowest BCUT2D eigenvalue weighted by Gasteiger charge is -2.08. The first kappa shape index (κ1) is 18.2. The second kappa shape index (κ2) is 6.77. The van der Waals surface area contributed by atoms with E-state index in [0.717, 1.165) is 12.1 Å². The number of benzene rings is 2. The third kappa shape index (κ3) is 2.53. The lowest BCUT2D eigenvalue weighted by molar-refractivity contribution is 0.447. The molecule has 0 N–H and O–H groups in total. The SMILES string of the molecule is C=c1cc/c(=C(/C#N)c2c(F)c(F)c(C#N)c(F)c2F)c(C#N)c1C#N. The summed E-state index contributed by atoms with van der Waals surface area (Å²) in [6, 6.07) is 7.95. The fourth-order valence-electron chi connectivity index (χ4n) is 2.30. The zero-order valence-corrected chi connectivity index (χ0v) is 12.7. The van der Waals surface area contributed by atoms with Gasteiger partial charge in [-0.1, -0.05) is 18.7 Å². The van der Waals surface area contributed by atoms with Crippen molar-refractivity contribution in [3.8, 4) is 24.3 Å². The van der Waals surface area contributed by atoms with E-state index in [1.54, 1.807) is 12.1 Å². The average molecular weight is 352 g/mol. The van der Waals surface area contributed by atoms with E-state index in [9.17, 15) is 28.1 Å². The molecule has 0 spiro atoms. The fraction of sp³-hybridized carbons (Fsp3) is 0. The van der Waals surface area contributed by atoms with Crippen LogP contribution in [0.25, 0.3) is 12.2 Å². The maximum Gasteiger partial charge on any atom is 0.180 e. The monoisotopic (exact) mass is 352 g/mol. The Hall–Kier alpha value is -4.14. The van der Waals surface area contributed by atoms with E-state index in [2.05, 4.69) is 6.58 Å². The molecule has 2 aromatic carbocycles. The molecule has 124 valence electrons. The molecule has 0 aliphatic rings. The van der Waals surface area contributed by atoms with Crippen LogP contribution < -0.4 is 10.4 Å². The van der Waals surface area contributed by atoms with Gasteiger partial charge in [-0.2, -0.15) is 21.0 Å². The van der Waals surface area contributed by atoms with Crippen LogP contribution in [0.15, 0.2) is 12.1 Å². The maximum absolute atomic E-state index is 14.2. The fourth-order valence-corrected chi connectivity index (χ4v) is 2.30. The Morgan fingerprint density at radius 2 is 1.23 bits per heavy atom. The summed E-state index contributed by atoms with van der Waals surface area (Å²) in [6.07, 6.45) is 0. The van der Waals surface area contributed by atoms with Gasteiger partial charge in [0.15, 0.2) is 23.3 Å². The molecule has 2 rings (SSSR count). The summed E-state index contributed by atoms with van der Waals surface area (Å²) in [5.74, 6) is -7.86. The van der Waals surface area contributed by atoms with E-state index < -0.39 is 50.8 Å². The van der Waals surface area contributed by atoms with Gasteiger partial charge in [-0.25, -0.2) is 17.6 Å². The summed E-state index contributed by atoms with van der Waals surface area (Å²) in [5.41, 5.74) is -4.45. The van der Waals surface area contributed by atoms with E-state index in [1.165, 1.54) is 12.1 Å². The lowest BCUT2D eigenvalue weighted by Crippen LogP contribution is -2.21. The zero-order valence-electron chi connectivity index (χ0n) is 12.7. The van der Waals surface area contributed by atoms with Crippen molar-refractivity contribution in [1.82, 2.24) is 0 Å². The second-order valence-electron chi connectivity index (χ2n) is 4.85. The molecule has 0 atom stereocenters. The third-order valence-electron chi connectivity index (χ3n) is 3.52. The standard InChI is InChI=1S/C18H4F4N4/c1-8-2-3-9(11(5-24)10(8)4-23)12(6-25)14-17(21)15(19)13(7-26)16(20)18(14)22/h2-3H,1H2/b12-9+. The van der Waals surface area contributed by atoms with Crippen LogP contribution >= 0.6 is 0 Å². The summed E-state index contributed by atoms with van der Waals surface area (Å²) in [6.45, 7) is 3.52. The number of halogens is 4. The first-order valence-electron chi connectivity index (χ1n) is 6.66. The van der Waals surface area contributed by atoms with E-state index in [-0.39, 0.29) is 10.8 Å². The molecule has 0 saturated heterocycles. The van der Waals surface area contributed by atoms with Crippen molar-refractivity contribution >= 4 is 12.2 Å². The predicted molar refractivity (Wildman–Crippen MR) is 79.8 cm³/mol. The maximum atomic E-state index is 14.2. The second-order valence-corrected chi connectivity index (χ2v) is 4.85.